The monoisotopic (exact) mass is 555 g/mol. The average Bonchev–Trinajstić information content (AvgIpc) is 3.42. The van der Waals surface area contributed by atoms with Crippen LogP contribution in [0.2, 0.25) is 5.02 Å². The van der Waals surface area contributed by atoms with Crippen molar-refractivity contribution >= 4 is 29.1 Å². The number of aliphatic carboxylic acids is 1. The van der Waals surface area contributed by atoms with Gasteiger partial charge in [0.05, 0.1) is 0 Å². The van der Waals surface area contributed by atoms with Crippen LogP contribution >= 0.6 is 11.6 Å². The number of imidazole rings is 1. The summed E-state index contributed by atoms with van der Waals surface area (Å²) >= 11 is 5.94. The summed E-state index contributed by atoms with van der Waals surface area (Å²) in [5.41, 5.74) is 3.24. The van der Waals surface area contributed by atoms with Gasteiger partial charge in [-0.3, -0.25) is 4.79 Å². The summed E-state index contributed by atoms with van der Waals surface area (Å²) in [4.78, 5) is 29.4. The van der Waals surface area contributed by atoms with Crippen molar-refractivity contribution in [2.75, 3.05) is 0 Å². The molecule has 5 aromatic rings. The third-order valence-corrected chi connectivity index (χ3v) is 6.45. The summed E-state index contributed by atoms with van der Waals surface area (Å²) in [6.07, 6.45) is 3.38. The van der Waals surface area contributed by atoms with E-state index in [9.17, 15) is 14.7 Å². The summed E-state index contributed by atoms with van der Waals surface area (Å²) in [6.45, 7) is 0.725. The van der Waals surface area contributed by atoms with Gasteiger partial charge in [0.15, 0.2) is 11.4 Å². The van der Waals surface area contributed by atoms with Gasteiger partial charge in [-0.2, -0.15) is 0 Å². The molecule has 40 heavy (non-hydrogen) atoms. The first kappa shape index (κ1) is 26.8. The van der Waals surface area contributed by atoms with Gasteiger partial charge in [-0.15, -0.1) is 0 Å². The number of pyridine rings is 1. The number of ether oxygens (including phenoxy) is 2. The molecule has 2 N–H and O–H groups in total. The van der Waals surface area contributed by atoms with Crippen molar-refractivity contribution in [2.24, 2.45) is 0 Å². The van der Waals surface area contributed by atoms with E-state index in [1.165, 1.54) is 6.20 Å². The van der Waals surface area contributed by atoms with E-state index in [2.05, 4.69) is 10.3 Å². The number of nitrogens with zero attached hydrogens (tertiary/aromatic N) is 2. The number of carbonyl (C=O) groups excluding carboxylic acids is 1. The molecule has 1 amide bonds. The number of halogens is 1. The summed E-state index contributed by atoms with van der Waals surface area (Å²) in [7, 11) is 0. The molecule has 2 aromatic heterocycles. The maximum atomic E-state index is 13.0. The maximum Gasteiger partial charge on any atom is 0.326 e. The number of nitrogens with one attached hydrogen (secondary N) is 1. The number of fused-ring (bicyclic) bond motifs is 1. The second-order valence-corrected chi connectivity index (χ2v) is 9.57. The van der Waals surface area contributed by atoms with E-state index in [0.29, 0.717) is 35.4 Å². The highest BCUT2D eigenvalue weighted by atomic mass is 35.5. The molecular formula is C31H26ClN3O5. The lowest BCUT2D eigenvalue weighted by Crippen LogP contribution is -2.42. The zero-order valence-electron chi connectivity index (χ0n) is 21.4. The third kappa shape index (κ3) is 6.78. The van der Waals surface area contributed by atoms with E-state index in [1.54, 1.807) is 59.1 Å². The minimum Gasteiger partial charge on any atom is -0.489 e. The lowest BCUT2D eigenvalue weighted by Gasteiger charge is -2.14. The van der Waals surface area contributed by atoms with E-state index < -0.39 is 17.9 Å². The van der Waals surface area contributed by atoms with Crippen LogP contribution in [0, 0.1) is 0 Å². The number of hydrogen-bond donors (Lipinski definition) is 2. The maximum absolute atomic E-state index is 13.0. The van der Waals surface area contributed by atoms with Gasteiger partial charge >= 0.3 is 5.97 Å². The van der Waals surface area contributed by atoms with Crippen LogP contribution < -0.4 is 14.8 Å². The molecule has 1 unspecified atom stereocenters. The van der Waals surface area contributed by atoms with Gasteiger partial charge in [-0.1, -0.05) is 66.2 Å². The number of carboxylic acid groups (broad SMARTS) is 1. The Morgan fingerprint density at radius 3 is 2.25 bits per heavy atom. The van der Waals surface area contributed by atoms with E-state index in [1.807, 2.05) is 42.5 Å². The molecule has 202 valence electrons. The van der Waals surface area contributed by atoms with E-state index in [-0.39, 0.29) is 12.1 Å². The van der Waals surface area contributed by atoms with Crippen molar-refractivity contribution in [1.29, 1.82) is 0 Å². The van der Waals surface area contributed by atoms with Crippen molar-refractivity contribution in [2.45, 2.75) is 25.7 Å². The van der Waals surface area contributed by atoms with Crippen LogP contribution in [0.1, 0.15) is 27.2 Å². The molecule has 8 nitrogen and oxygen atoms in total. The number of hydrogen-bond acceptors (Lipinski definition) is 5. The van der Waals surface area contributed by atoms with Crippen molar-refractivity contribution in [1.82, 2.24) is 14.7 Å². The van der Waals surface area contributed by atoms with Crippen LogP contribution in [0.25, 0.3) is 5.65 Å². The molecule has 0 saturated heterocycles. The van der Waals surface area contributed by atoms with Gasteiger partial charge in [0.25, 0.3) is 5.91 Å². The van der Waals surface area contributed by atoms with Crippen molar-refractivity contribution in [3.63, 3.8) is 0 Å². The molecule has 9 heteroatoms. The molecule has 0 fully saturated rings. The zero-order valence-corrected chi connectivity index (χ0v) is 22.1. The molecule has 5 rings (SSSR count). The van der Waals surface area contributed by atoms with Gasteiger partial charge in [-0.25, -0.2) is 9.78 Å². The number of aromatic nitrogens is 2. The molecule has 0 aliphatic heterocycles. The van der Waals surface area contributed by atoms with Crippen LogP contribution in [-0.4, -0.2) is 32.4 Å². The third-order valence-electron chi connectivity index (χ3n) is 6.20. The van der Waals surface area contributed by atoms with E-state index in [4.69, 9.17) is 21.1 Å². The fourth-order valence-corrected chi connectivity index (χ4v) is 4.21. The molecule has 0 saturated carbocycles. The molecule has 0 radical (unpaired) electrons. The van der Waals surface area contributed by atoms with Crippen LogP contribution in [-0.2, 0) is 24.4 Å². The number of amides is 1. The molecule has 0 spiro atoms. The summed E-state index contributed by atoms with van der Waals surface area (Å²) in [6, 6.07) is 26.6. The Hall–Kier alpha value is -4.82. The molecule has 3 aromatic carbocycles. The molecular weight excluding hydrogens is 530 g/mol. The topological polar surface area (TPSA) is 102 Å². The lowest BCUT2D eigenvalue weighted by atomic mass is 10.1. The highest BCUT2D eigenvalue weighted by Crippen LogP contribution is 2.21. The average molecular weight is 556 g/mol. The van der Waals surface area contributed by atoms with Gasteiger partial charge in [0, 0.05) is 23.8 Å². The first-order chi connectivity index (χ1) is 19.4. The smallest absolute Gasteiger partial charge is 0.326 e. The number of rotatable bonds is 11. The molecule has 0 aliphatic carbocycles. The molecule has 2 heterocycles. The van der Waals surface area contributed by atoms with Crippen LogP contribution in [0.5, 0.6) is 11.5 Å². The largest absolute Gasteiger partial charge is 0.489 e. The zero-order chi connectivity index (χ0) is 27.9. The Labute approximate surface area is 235 Å². The second-order valence-electron chi connectivity index (χ2n) is 9.13. The Balaban J connectivity index is 1.22. The first-order valence-electron chi connectivity index (χ1n) is 12.6. The Morgan fingerprint density at radius 2 is 1.52 bits per heavy atom. The Morgan fingerprint density at radius 1 is 0.850 bits per heavy atom. The molecule has 1 atom stereocenters. The predicted molar refractivity (Wildman–Crippen MR) is 151 cm³/mol. The van der Waals surface area contributed by atoms with E-state index >= 15 is 0 Å². The van der Waals surface area contributed by atoms with Crippen molar-refractivity contribution in [3.05, 3.63) is 131 Å². The van der Waals surface area contributed by atoms with Crippen molar-refractivity contribution in [3.8, 4) is 11.5 Å². The quantitative estimate of drug-likeness (QED) is 0.221. The predicted octanol–water partition coefficient (Wildman–Crippen LogP) is 5.57. The molecule has 0 bridgehead atoms. The standard InChI is InChI=1S/C31H26ClN3O5/c32-24-12-8-23(9-13-24)20-40-28-7-4-16-35-18-27(33-29(28)35)30(36)34-26(31(37)38)17-21-10-14-25(15-11-21)39-19-22-5-2-1-3-6-22/h1-16,18,26H,17,19-20H2,(H,34,36)(H,37,38). The summed E-state index contributed by atoms with van der Waals surface area (Å²) in [5.74, 6) is -0.584. The fraction of sp³-hybridized carbons (Fsp3) is 0.129. The number of benzene rings is 3. The van der Waals surface area contributed by atoms with Crippen LogP contribution in [0.4, 0.5) is 0 Å². The van der Waals surface area contributed by atoms with Crippen molar-refractivity contribution < 1.29 is 24.2 Å². The Kier molecular flexibility index (Phi) is 8.27. The summed E-state index contributed by atoms with van der Waals surface area (Å²) in [5, 5.41) is 13.0. The Bertz CT molecular complexity index is 1600. The number of carbonyl (C=O) groups is 2. The van der Waals surface area contributed by atoms with Crippen LogP contribution in [0.3, 0.4) is 0 Å². The van der Waals surface area contributed by atoms with Gasteiger partial charge in [0.1, 0.15) is 30.7 Å². The first-order valence-corrected chi connectivity index (χ1v) is 13.0. The second kappa shape index (κ2) is 12.4. The van der Waals surface area contributed by atoms with Crippen LogP contribution in [0.15, 0.2) is 103 Å². The van der Waals surface area contributed by atoms with E-state index in [0.717, 1.165) is 16.7 Å². The molecule has 0 aliphatic rings. The highest BCUT2D eigenvalue weighted by Gasteiger charge is 2.23. The minimum atomic E-state index is -1.14. The number of carboxylic acids is 1. The minimum absolute atomic E-state index is 0.0819. The lowest BCUT2D eigenvalue weighted by molar-refractivity contribution is -0.139. The summed E-state index contributed by atoms with van der Waals surface area (Å²) < 4.78 is 13.4. The van der Waals surface area contributed by atoms with Gasteiger partial charge in [-0.05, 0) is 53.1 Å². The van der Waals surface area contributed by atoms with Gasteiger partial charge in [0.2, 0.25) is 0 Å². The van der Waals surface area contributed by atoms with Gasteiger partial charge < -0.3 is 24.3 Å². The fourth-order valence-electron chi connectivity index (χ4n) is 4.08. The highest BCUT2D eigenvalue weighted by molar-refractivity contribution is 6.30. The normalized spacial score (nSPS) is 11.6. The SMILES string of the molecule is O=C(NC(Cc1ccc(OCc2ccccc2)cc1)C(=O)O)c1cn2cccc(OCc3ccc(Cl)cc3)c2n1.